The lowest BCUT2D eigenvalue weighted by molar-refractivity contribution is -0.142. The normalized spacial score (nSPS) is 16.0. The van der Waals surface area contributed by atoms with Crippen molar-refractivity contribution in [3.05, 3.63) is 0 Å². The molecular formula is C9H17NO3. The van der Waals surface area contributed by atoms with Gasteiger partial charge in [0.1, 0.15) is 0 Å². The molecule has 1 rings (SSSR count). The van der Waals surface area contributed by atoms with Crippen LogP contribution in [-0.2, 0) is 14.3 Å². The molecule has 0 atom stereocenters. The Bertz CT molecular complexity index is 147. The van der Waals surface area contributed by atoms with Crippen molar-refractivity contribution >= 4 is 12.4 Å². The summed E-state index contributed by atoms with van der Waals surface area (Å²) in [5, 5.41) is 0. The molecule has 0 aromatic rings. The van der Waals surface area contributed by atoms with Crippen molar-refractivity contribution in [1.29, 1.82) is 0 Å². The molecule has 4 heteroatoms. The molecule has 0 N–H and O–H groups in total. The maximum absolute atomic E-state index is 10.5. The molecule has 0 aromatic heterocycles. The highest BCUT2D eigenvalue weighted by Gasteiger charge is 2.05. The van der Waals surface area contributed by atoms with Crippen LogP contribution in [-0.4, -0.2) is 38.0 Å². The second kappa shape index (κ2) is 7.58. The summed E-state index contributed by atoms with van der Waals surface area (Å²) in [4.78, 5) is 21.3. The number of carbonyl (C=O) groups is 2. The summed E-state index contributed by atoms with van der Waals surface area (Å²) in [6.07, 6.45) is 4.58. The highest BCUT2D eigenvalue weighted by molar-refractivity contribution is 5.69. The predicted molar refractivity (Wildman–Crippen MR) is 49.2 cm³/mol. The lowest BCUT2D eigenvalue weighted by Crippen LogP contribution is -2.06. The van der Waals surface area contributed by atoms with E-state index < -0.39 is 0 Å². The lowest BCUT2D eigenvalue weighted by atomic mass is 10.2. The lowest BCUT2D eigenvalue weighted by Gasteiger charge is -1.93. The molecule has 76 valence electrons. The third-order valence-corrected chi connectivity index (χ3v) is 1.50. The van der Waals surface area contributed by atoms with Crippen molar-refractivity contribution in [2.45, 2.75) is 25.7 Å². The van der Waals surface area contributed by atoms with E-state index in [1.54, 1.807) is 14.1 Å². The fraction of sp³-hybridized carbons (Fsp3) is 0.778. The first-order chi connectivity index (χ1) is 6.16. The van der Waals surface area contributed by atoms with Crippen LogP contribution in [0, 0.1) is 0 Å². The molecule has 4 nitrogen and oxygen atoms in total. The van der Waals surface area contributed by atoms with E-state index in [1.165, 1.54) is 4.90 Å². The summed E-state index contributed by atoms with van der Waals surface area (Å²) >= 11 is 0. The molecule has 0 saturated carbocycles. The van der Waals surface area contributed by atoms with Gasteiger partial charge in [-0.1, -0.05) is 0 Å². The second-order valence-electron chi connectivity index (χ2n) is 3.10. The molecule has 0 spiro atoms. The molecule has 0 aromatic carbocycles. The quantitative estimate of drug-likeness (QED) is 0.451. The van der Waals surface area contributed by atoms with Crippen molar-refractivity contribution in [2.24, 2.45) is 0 Å². The molecule has 0 unspecified atom stereocenters. The number of hydrogen-bond donors (Lipinski definition) is 0. The molecule has 1 fully saturated rings. The van der Waals surface area contributed by atoms with E-state index in [1.807, 2.05) is 0 Å². The minimum Gasteiger partial charge on any atom is -0.466 e. The van der Waals surface area contributed by atoms with Gasteiger partial charge in [-0.15, -0.1) is 0 Å². The first-order valence-corrected chi connectivity index (χ1v) is 4.44. The second-order valence-corrected chi connectivity index (χ2v) is 3.10. The zero-order chi connectivity index (χ0) is 10.1. The molecular weight excluding hydrogens is 170 g/mol. The van der Waals surface area contributed by atoms with E-state index in [0.29, 0.717) is 13.0 Å². The third-order valence-electron chi connectivity index (χ3n) is 1.50. The predicted octanol–water partition coefficient (Wildman–Crippen LogP) is 0.808. The fourth-order valence-electron chi connectivity index (χ4n) is 0.806. The topological polar surface area (TPSA) is 46.6 Å². The zero-order valence-corrected chi connectivity index (χ0v) is 8.28. The van der Waals surface area contributed by atoms with E-state index in [4.69, 9.17) is 4.74 Å². The van der Waals surface area contributed by atoms with E-state index in [-0.39, 0.29) is 5.97 Å². The van der Waals surface area contributed by atoms with Crippen LogP contribution in [0.4, 0.5) is 0 Å². The number of cyclic esters (lactones) is 1. The Balaban J connectivity index is 0.000000252. The van der Waals surface area contributed by atoms with E-state index in [0.717, 1.165) is 25.7 Å². The standard InChI is InChI=1S/C6H10O2.C3H7NO/c7-6-4-2-1-3-5-8-6;1-4(2)3-5/h1-5H2;3H,1-2H3. The number of ether oxygens (including phenoxy) is 1. The Morgan fingerprint density at radius 1 is 1.31 bits per heavy atom. The minimum absolute atomic E-state index is 0.0255. The van der Waals surface area contributed by atoms with Crippen molar-refractivity contribution in [2.75, 3.05) is 20.7 Å². The maximum atomic E-state index is 10.5. The van der Waals surface area contributed by atoms with Gasteiger partial charge < -0.3 is 9.64 Å². The monoisotopic (exact) mass is 187 g/mol. The Kier molecular flexibility index (Phi) is 6.96. The van der Waals surface area contributed by atoms with Crippen LogP contribution >= 0.6 is 0 Å². The van der Waals surface area contributed by atoms with Gasteiger partial charge in [-0.25, -0.2) is 0 Å². The average molecular weight is 187 g/mol. The van der Waals surface area contributed by atoms with Crippen LogP contribution in [0.15, 0.2) is 0 Å². The zero-order valence-electron chi connectivity index (χ0n) is 8.28. The van der Waals surface area contributed by atoms with Gasteiger partial charge in [0.2, 0.25) is 6.41 Å². The number of carbonyl (C=O) groups excluding carboxylic acids is 2. The van der Waals surface area contributed by atoms with Crippen molar-refractivity contribution in [1.82, 2.24) is 4.90 Å². The Labute approximate surface area is 78.9 Å². The molecule has 0 aliphatic carbocycles. The van der Waals surface area contributed by atoms with Crippen LogP contribution in [0.3, 0.4) is 0 Å². The van der Waals surface area contributed by atoms with E-state index in [2.05, 4.69) is 0 Å². The van der Waals surface area contributed by atoms with Gasteiger partial charge >= 0.3 is 5.97 Å². The van der Waals surface area contributed by atoms with Crippen molar-refractivity contribution in [3.63, 3.8) is 0 Å². The van der Waals surface area contributed by atoms with Gasteiger partial charge in [-0.05, 0) is 19.3 Å². The van der Waals surface area contributed by atoms with Gasteiger partial charge in [0.05, 0.1) is 6.61 Å². The van der Waals surface area contributed by atoms with Crippen molar-refractivity contribution < 1.29 is 14.3 Å². The molecule has 1 heterocycles. The molecule has 0 bridgehead atoms. The first-order valence-electron chi connectivity index (χ1n) is 4.44. The molecule has 1 saturated heterocycles. The van der Waals surface area contributed by atoms with E-state index >= 15 is 0 Å². The number of rotatable bonds is 1. The number of esters is 1. The molecule has 1 aliphatic rings. The first kappa shape index (κ1) is 11.9. The minimum atomic E-state index is -0.0255. The maximum Gasteiger partial charge on any atom is 0.305 e. The van der Waals surface area contributed by atoms with Crippen LogP contribution in [0.25, 0.3) is 0 Å². The Morgan fingerprint density at radius 2 is 1.92 bits per heavy atom. The number of nitrogens with zero attached hydrogens (tertiary/aromatic N) is 1. The highest BCUT2D eigenvalue weighted by Crippen LogP contribution is 2.06. The molecule has 1 amide bonds. The number of amides is 1. The fourth-order valence-corrected chi connectivity index (χ4v) is 0.806. The van der Waals surface area contributed by atoms with E-state index in [9.17, 15) is 9.59 Å². The average Bonchev–Trinajstić information content (AvgIpc) is 2.33. The summed E-state index contributed by atoms with van der Waals surface area (Å²) in [6.45, 7) is 0.638. The summed E-state index contributed by atoms with van der Waals surface area (Å²) in [6, 6.07) is 0. The van der Waals surface area contributed by atoms with Gasteiger partial charge in [-0.2, -0.15) is 0 Å². The van der Waals surface area contributed by atoms with Crippen LogP contribution in [0.5, 0.6) is 0 Å². The Hall–Kier alpha value is -1.06. The van der Waals surface area contributed by atoms with Crippen LogP contribution in [0.1, 0.15) is 25.7 Å². The van der Waals surface area contributed by atoms with Gasteiger partial charge in [0.15, 0.2) is 0 Å². The SMILES string of the molecule is CN(C)C=O.O=C1CCCCCO1. The number of hydrogen-bond acceptors (Lipinski definition) is 3. The summed E-state index contributed by atoms with van der Waals surface area (Å²) < 4.78 is 4.76. The summed E-state index contributed by atoms with van der Waals surface area (Å²) in [5.41, 5.74) is 0. The molecule has 13 heavy (non-hydrogen) atoms. The van der Waals surface area contributed by atoms with Crippen molar-refractivity contribution in [3.8, 4) is 0 Å². The summed E-state index contributed by atoms with van der Waals surface area (Å²) in [5.74, 6) is -0.0255. The smallest absolute Gasteiger partial charge is 0.305 e. The third kappa shape index (κ3) is 8.85. The molecule has 0 radical (unpaired) electrons. The van der Waals surface area contributed by atoms with Gasteiger partial charge in [0.25, 0.3) is 0 Å². The Morgan fingerprint density at radius 3 is 2.46 bits per heavy atom. The van der Waals surface area contributed by atoms with Gasteiger partial charge in [0, 0.05) is 20.5 Å². The summed E-state index contributed by atoms with van der Waals surface area (Å²) in [7, 11) is 3.38. The highest BCUT2D eigenvalue weighted by atomic mass is 16.5. The van der Waals surface area contributed by atoms with Crippen LogP contribution < -0.4 is 0 Å². The molecule has 1 aliphatic heterocycles. The van der Waals surface area contributed by atoms with Gasteiger partial charge in [-0.3, -0.25) is 9.59 Å². The largest absolute Gasteiger partial charge is 0.466 e. The van der Waals surface area contributed by atoms with Crippen LogP contribution in [0.2, 0.25) is 0 Å².